The summed E-state index contributed by atoms with van der Waals surface area (Å²) in [6.45, 7) is 4.59. The van der Waals surface area contributed by atoms with Gasteiger partial charge in [-0.05, 0) is 91.5 Å². The number of aromatic nitrogens is 3. The zero-order valence-corrected chi connectivity index (χ0v) is 23.3. The summed E-state index contributed by atoms with van der Waals surface area (Å²) in [5.74, 6) is 0.777. The minimum atomic E-state index is 0.150. The molecule has 0 spiro atoms. The standard InChI is InChI=1S/C34H38N4O2/c1-2-30(26-13-7-5-8-14-26)34(27-16-18-31-29(23-27)25-36-37-31)28-17-19-32(35-24-28)40-22-12-4-3-9-15-33(39)38-20-10-6-11-21-38/h5,7-9,13-19,23-25H,2-4,6,10-12,20-22H2,1H3,(H,36,37)/b15-9+,34-30-. The third kappa shape index (κ3) is 6.87. The number of hydrogen-bond acceptors (Lipinski definition) is 4. The van der Waals surface area contributed by atoms with Crippen molar-refractivity contribution in [1.29, 1.82) is 0 Å². The van der Waals surface area contributed by atoms with Gasteiger partial charge in [-0.1, -0.05) is 49.4 Å². The number of fused-ring (bicyclic) bond motifs is 1. The molecule has 4 aromatic rings. The average molecular weight is 535 g/mol. The molecule has 1 aliphatic rings. The molecule has 0 radical (unpaired) electrons. The quantitative estimate of drug-likeness (QED) is 0.123. The highest BCUT2D eigenvalue weighted by Crippen LogP contribution is 2.35. The van der Waals surface area contributed by atoms with Crippen LogP contribution in [0.2, 0.25) is 0 Å². The molecule has 6 nitrogen and oxygen atoms in total. The van der Waals surface area contributed by atoms with E-state index in [0.717, 1.165) is 73.6 Å². The minimum Gasteiger partial charge on any atom is -0.478 e. The van der Waals surface area contributed by atoms with Crippen LogP contribution in [0.5, 0.6) is 5.88 Å². The molecular weight excluding hydrogens is 496 g/mol. The monoisotopic (exact) mass is 534 g/mol. The summed E-state index contributed by atoms with van der Waals surface area (Å²) >= 11 is 0. The summed E-state index contributed by atoms with van der Waals surface area (Å²) in [5, 5.41) is 8.32. The summed E-state index contributed by atoms with van der Waals surface area (Å²) in [4.78, 5) is 18.8. The molecule has 2 aromatic heterocycles. The predicted octanol–water partition coefficient (Wildman–Crippen LogP) is 7.44. The molecule has 1 aliphatic heterocycles. The molecule has 0 aliphatic carbocycles. The number of unbranched alkanes of at least 4 members (excludes halogenated alkanes) is 2. The number of H-pyrrole nitrogens is 1. The second kappa shape index (κ2) is 13.7. The van der Waals surface area contributed by atoms with E-state index in [9.17, 15) is 4.79 Å². The number of rotatable bonds is 11. The van der Waals surface area contributed by atoms with Crippen molar-refractivity contribution in [3.8, 4) is 5.88 Å². The third-order valence-corrected chi connectivity index (χ3v) is 7.47. The highest BCUT2D eigenvalue weighted by atomic mass is 16.5. The van der Waals surface area contributed by atoms with Gasteiger partial charge in [0.25, 0.3) is 0 Å². The lowest BCUT2D eigenvalue weighted by atomic mass is 9.88. The largest absolute Gasteiger partial charge is 0.478 e. The van der Waals surface area contributed by atoms with Crippen LogP contribution in [0.15, 0.2) is 85.2 Å². The van der Waals surface area contributed by atoms with E-state index in [-0.39, 0.29) is 5.91 Å². The molecule has 5 rings (SSSR count). The van der Waals surface area contributed by atoms with E-state index < -0.39 is 0 Å². The Morgan fingerprint density at radius 1 is 0.950 bits per heavy atom. The van der Waals surface area contributed by atoms with Crippen LogP contribution >= 0.6 is 0 Å². The Morgan fingerprint density at radius 3 is 2.55 bits per heavy atom. The molecule has 206 valence electrons. The van der Waals surface area contributed by atoms with Crippen LogP contribution in [0.1, 0.15) is 68.6 Å². The fourth-order valence-electron chi connectivity index (χ4n) is 5.34. The van der Waals surface area contributed by atoms with Crippen molar-refractivity contribution in [3.05, 3.63) is 102 Å². The molecule has 3 heterocycles. The number of pyridine rings is 1. The van der Waals surface area contributed by atoms with Gasteiger partial charge in [-0.2, -0.15) is 5.10 Å². The Kier molecular flexibility index (Phi) is 9.41. The van der Waals surface area contributed by atoms with E-state index in [2.05, 4.69) is 70.6 Å². The lowest BCUT2D eigenvalue weighted by Gasteiger charge is -2.25. The van der Waals surface area contributed by atoms with E-state index >= 15 is 0 Å². The number of carbonyl (C=O) groups is 1. The van der Waals surface area contributed by atoms with Gasteiger partial charge in [-0.15, -0.1) is 0 Å². The van der Waals surface area contributed by atoms with Gasteiger partial charge in [0, 0.05) is 36.3 Å². The maximum absolute atomic E-state index is 12.2. The maximum Gasteiger partial charge on any atom is 0.246 e. The SMILES string of the molecule is CC/C(=C(/c1ccc(OCCCC/C=C/C(=O)N2CCCCC2)nc1)c1ccc2[nH]ncc2c1)c1ccccc1. The summed E-state index contributed by atoms with van der Waals surface area (Å²) < 4.78 is 5.95. The van der Waals surface area contributed by atoms with Gasteiger partial charge in [0.15, 0.2) is 0 Å². The van der Waals surface area contributed by atoms with Gasteiger partial charge < -0.3 is 9.64 Å². The normalized spacial score (nSPS) is 14.5. The first kappa shape index (κ1) is 27.4. The van der Waals surface area contributed by atoms with E-state index in [4.69, 9.17) is 4.74 Å². The first-order valence-corrected chi connectivity index (χ1v) is 14.5. The molecule has 40 heavy (non-hydrogen) atoms. The van der Waals surface area contributed by atoms with E-state index in [1.807, 2.05) is 35.5 Å². The molecule has 0 saturated carbocycles. The highest BCUT2D eigenvalue weighted by Gasteiger charge is 2.15. The summed E-state index contributed by atoms with van der Waals surface area (Å²) in [6.07, 6.45) is 14.6. The van der Waals surface area contributed by atoms with Crippen LogP contribution in [0.4, 0.5) is 0 Å². The Balaban J connectivity index is 1.23. The van der Waals surface area contributed by atoms with Gasteiger partial charge in [-0.3, -0.25) is 9.89 Å². The lowest BCUT2D eigenvalue weighted by Crippen LogP contribution is -2.34. The van der Waals surface area contributed by atoms with Crippen molar-refractivity contribution in [2.75, 3.05) is 19.7 Å². The smallest absolute Gasteiger partial charge is 0.246 e. The molecule has 0 unspecified atom stereocenters. The van der Waals surface area contributed by atoms with Crippen molar-refractivity contribution in [2.45, 2.75) is 51.9 Å². The predicted molar refractivity (Wildman–Crippen MR) is 162 cm³/mol. The fourth-order valence-corrected chi connectivity index (χ4v) is 5.34. The number of nitrogens with zero attached hydrogens (tertiary/aromatic N) is 3. The summed E-state index contributed by atoms with van der Waals surface area (Å²) in [5.41, 5.74) is 6.86. The van der Waals surface area contributed by atoms with Gasteiger partial charge in [0.05, 0.1) is 18.3 Å². The Labute approximate surface area is 236 Å². The molecule has 1 amide bonds. The van der Waals surface area contributed by atoms with Crippen LogP contribution in [-0.4, -0.2) is 45.7 Å². The summed E-state index contributed by atoms with van der Waals surface area (Å²) in [7, 11) is 0. The Bertz CT molecular complexity index is 1450. The number of piperidine rings is 1. The fraction of sp³-hybridized carbons (Fsp3) is 0.324. The number of carbonyl (C=O) groups excluding carboxylic acids is 1. The van der Waals surface area contributed by atoms with E-state index in [1.54, 1.807) is 6.08 Å². The molecule has 1 N–H and O–H groups in total. The number of ether oxygens (including phenoxy) is 1. The Hall–Kier alpha value is -4.19. The van der Waals surface area contributed by atoms with Crippen LogP contribution < -0.4 is 4.74 Å². The molecule has 0 bridgehead atoms. The number of amides is 1. The molecule has 2 aromatic carbocycles. The van der Waals surface area contributed by atoms with Gasteiger partial charge in [-0.25, -0.2) is 4.98 Å². The molecular formula is C34H38N4O2. The molecule has 1 saturated heterocycles. The number of nitrogens with one attached hydrogen (secondary N) is 1. The van der Waals surface area contributed by atoms with Gasteiger partial charge in [0.2, 0.25) is 11.8 Å². The molecule has 0 atom stereocenters. The Morgan fingerprint density at radius 2 is 1.77 bits per heavy atom. The number of benzene rings is 2. The average Bonchev–Trinajstić information content (AvgIpc) is 3.49. The van der Waals surface area contributed by atoms with Gasteiger partial charge in [0.1, 0.15) is 0 Å². The van der Waals surface area contributed by atoms with Crippen molar-refractivity contribution in [1.82, 2.24) is 20.1 Å². The highest BCUT2D eigenvalue weighted by molar-refractivity contribution is 6.00. The van der Waals surface area contributed by atoms with Gasteiger partial charge >= 0.3 is 0 Å². The van der Waals surface area contributed by atoms with Crippen LogP contribution in [0.25, 0.3) is 22.0 Å². The first-order valence-electron chi connectivity index (χ1n) is 14.5. The van der Waals surface area contributed by atoms with Crippen molar-refractivity contribution in [3.63, 3.8) is 0 Å². The zero-order valence-electron chi connectivity index (χ0n) is 23.3. The third-order valence-electron chi connectivity index (χ3n) is 7.47. The van der Waals surface area contributed by atoms with Crippen molar-refractivity contribution >= 4 is 28.0 Å². The molecule has 6 heteroatoms. The van der Waals surface area contributed by atoms with Crippen LogP contribution in [0, 0.1) is 0 Å². The van der Waals surface area contributed by atoms with Crippen LogP contribution in [-0.2, 0) is 4.79 Å². The molecule has 1 fully saturated rings. The minimum absolute atomic E-state index is 0.150. The number of aromatic amines is 1. The second-order valence-corrected chi connectivity index (χ2v) is 10.3. The topological polar surface area (TPSA) is 71.1 Å². The number of hydrogen-bond donors (Lipinski definition) is 1. The van der Waals surface area contributed by atoms with Crippen LogP contribution in [0.3, 0.4) is 0 Å². The van der Waals surface area contributed by atoms with E-state index in [1.165, 1.54) is 23.1 Å². The maximum atomic E-state index is 12.2. The summed E-state index contributed by atoms with van der Waals surface area (Å²) in [6, 6.07) is 21.0. The van der Waals surface area contributed by atoms with Crippen molar-refractivity contribution in [2.24, 2.45) is 0 Å². The zero-order chi connectivity index (χ0) is 27.6. The second-order valence-electron chi connectivity index (χ2n) is 10.3. The first-order chi connectivity index (χ1) is 19.7. The van der Waals surface area contributed by atoms with E-state index in [0.29, 0.717) is 12.5 Å². The lowest BCUT2D eigenvalue weighted by molar-refractivity contribution is -0.126. The number of likely N-dealkylation sites (tertiary alicyclic amines) is 1. The van der Waals surface area contributed by atoms with Crippen molar-refractivity contribution < 1.29 is 9.53 Å². The number of allylic oxidation sites excluding steroid dienone is 2.